The standard InChI is InChI=1S/C9H11ClN4/c1-13(2)6-8-11-9-5-7(10)3-4-14(9)12-8/h3-5H,6H2,1-2H3. The molecule has 5 heteroatoms. The lowest BCUT2D eigenvalue weighted by Gasteiger charge is -2.03. The van der Waals surface area contributed by atoms with Gasteiger partial charge >= 0.3 is 0 Å². The highest BCUT2D eigenvalue weighted by Gasteiger charge is 2.04. The van der Waals surface area contributed by atoms with Crippen LogP contribution in [-0.4, -0.2) is 33.6 Å². The largest absolute Gasteiger partial charge is 0.302 e. The maximum Gasteiger partial charge on any atom is 0.165 e. The van der Waals surface area contributed by atoms with E-state index in [0.29, 0.717) is 5.02 Å². The summed E-state index contributed by atoms with van der Waals surface area (Å²) in [6.07, 6.45) is 1.81. The number of hydrogen-bond acceptors (Lipinski definition) is 3. The van der Waals surface area contributed by atoms with Crippen molar-refractivity contribution in [1.82, 2.24) is 19.5 Å². The van der Waals surface area contributed by atoms with E-state index in [9.17, 15) is 0 Å². The maximum atomic E-state index is 5.84. The monoisotopic (exact) mass is 210 g/mol. The summed E-state index contributed by atoms with van der Waals surface area (Å²) in [5.41, 5.74) is 0.786. The lowest BCUT2D eigenvalue weighted by Crippen LogP contribution is -2.11. The summed E-state index contributed by atoms with van der Waals surface area (Å²) >= 11 is 5.84. The second kappa shape index (κ2) is 3.55. The Morgan fingerprint density at radius 2 is 2.29 bits per heavy atom. The number of halogens is 1. The summed E-state index contributed by atoms with van der Waals surface area (Å²) in [4.78, 5) is 6.36. The van der Waals surface area contributed by atoms with Crippen LogP contribution >= 0.6 is 11.6 Å². The highest BCUT2D eigenvalue weighted by molar-refractivity contribution is 6.30. The first-order valence-electron chi connectivity index (χ1n) is 4.31. The predicted molar refractivity (Wildman–Crippen MR) is 55.4 cm³/mol. The minimum atomic E-state index is 0.682. The summed E-state index contributed by atoms with van der Waals surface area (Å²) in [5.74, 6) is 0.803. The molecule has 2 rings (SSSR count). The number of fused-ring (bicyclic) bond motifs is 1. The summed E-state index contributed by atoms with van der Waals surface area (Å²) in [6.45, 7) is 0.735. The van der Waals surface area contributed by atoms with E-state index in [4.69, 9.17) is 11.6 Å². The van der Waals surface area contributed by atoms with Gasteiger partial charge in [0, 0.05) is 17.3 Å². The minimum Gasteiger partial charge on any atom is -0.302 e. The van der Waals surface area contributed by atoms with Crippen molar-refractivity contribution in [3.8, 4) is 0 Å². The number of nitrogens with zero attached hydrogens (tertiary/aromatic N) is 4. The van der Waals surface area contributed by atoms with Gasteiger partial charge in [-0.1, -0.05) is 11.6 Å². The molecule has 0 spiro atoms. The van der Waals surface area contributed by atoms with Crippen LogP contribution in [0.3, 0.4) is 0 Å². The van der Waals surface area contributed by atoms with Crippen molar-refractivity contribution in [2.45, 2.75) is 6.54 Å². The average Bonchev–Trinajstić information content (AvgIpc) is 2.44. The van der Waals surface area contributed by atoms with Crippen LogP contribution in [0.2, 0.25) is 5.02 Å². The molecule has 0 aliphatic rings. The molecule has 2 heterocycles. The van der Waals surface area contributed by atoms with Gasteiger partial charge in [-0.2, -0.15) is 0 Å². The van der Waals surface area contributed by atoms with E-state index in [1.807, 2.05) is 25.2 Å². The Morgan fingerprint density at radius 1 is 1.50 bits per heavy atom. The van der Waals surface area contributed by atoms with Crippen LogP contribution in [0.5, 0.6) is 0 Å². The number of aromatic nitrogens is 3. The quantitative estimate of drug-likeness (QED) is 0.752. The van der Waals surface area contributed by atoms with E-state index in [-0.39, 0.29) is 0 Å². The van der Waals surface area contributed by atoms with Gasteiger partial charge in [-0.25, -0.2) is 9.50 Å². The third kappa shape index (κ3) is 1.86. The fourth-order valence-corrected chi connectivity index (χ4v) is 1.41. The summed E-state index contributed by atoms with van der Waals surface area (Å²) < 4.78 is 1.73. The summed E-state index contributed by atoms with van der Waals surface area (Å²) in [5, 5.41) is 4.98. The maximum absolute atomic E-state index is 5.84. The lowest BCUT2D eigenvalue weighted by molar-refractivity contribution is 0.390. The number of pyridine rings is 1. The number of hydrogen-bond donors (Lipinski definition) is 0. The number of rotatable bonds is 2. The zero-order valence-corrected chi connectivity index (χ0v) is 8.86. The first kappa shape index (κ1) is 9.43. The van der Waals surface area contributed by atoms with Crippen LogP contribution in [0.25, 0.3) is 5.65 Å². The topological polar surface area (TPSA) is 33.4 Å². The smallest absolute Gasteiger partial charge is 0.165 e. The Morgan fingerprint density at radius 3 is 3.00 bits per heavy atom. The van der Waals surface area contributed by atoms with Gasteiger partial charge in [0.2, 0.25) is 0 Å². The zero-order chi connectivity index (χ0) is 10.1. The molecule has 0 radical (unpaired) electrons. The van der Waals surface area contributed by atoms with Gasteiger partial charge in [-0.3, -0.25) is 0 Å². The lowest BCUT2D eigenvalue weighted by atomic mass is 10.5. The second-order valence-corrected chi connectivity index (χ2v) is 3.85. The van der Waals surface area contributed by atoms with E-state index in [1.54, 1.807) is 16.6 Å². The Kier molecular flexibility index (Phi) is 2.39. The fourth-order valence-electron chi connectivity index (χ4n) is 1.25. The van der Waals surface area contributed by atoms with Gasteiger partial charge in [-0.15, -0.1) is 5.10 Å². The highest BCUT2D eigenvalue weighted by atomic mass is 35.5. The fraction of sp³-hybridized carbons (Fsp3) is 0.333. The molecule has 0 fully saturated rings. The van der Waals surface area contributed by atoms with E-state index in [0.717, 1.165) is 18.0 Å². The first-order valence-corrected chi connectivity index (χ1v) is 4.68. The van der Waals surface area contributed by atoms with Crippen molar-refractivity contribution in [2.24, 2.45) is 0 Å². The van der Waals surface area contributed by atoms with Crippen LogP contribution in [0.15, 0.2) is 18.3 Å². The third-order valence-corrected chi connectivity index (χ3v) is 2.04. The molecule has 14 heavy (non-hydrogen) atoms. The highest BCUT2D eigenvalue weighted by Crippen LogP contribution is 2.10. The SMILES string of the molecule is CN(C)Cc1nc2cc(Cl)ccn2n1. The van der Waals surface area contributed by atoms with Crippen LogP contribution in [0, 0.1) is 0 Å². The molecule has 0 saturated heterocycles. The van der Waals surface area contributed by atoms with Crippen LogP contribution in [0.4, 0.5) is 0 Å². The molecular weight excluding hydrogens is 200 g/mol. The van der Waals surface area contributed by atoms with Crippen LogP contribution < -0.4 is 0 Å². The van der Waals surface area contributed by atoms with Gasteiger partial charge in [0.15, 0.2) is 11.5 Å². The van der Waals surface area contributed by atoms with Gasteiger partial charge in [0.05, 0.1) is 6.54 Å². The Bertz CT molecular complexity index is 449. The molecule has 2 aromatic heterocycles. The Labute approximate surface area is 87.1 Å². The van der Waals surface area contributed by atoms with Crippen molar-refractivity contribution in [3.05, 3.63) is 29.2 Å². The van der Waals surface area contributed by atoms with Gasteiger partial charge in [0.1, 0.15) is 0 Å². The molecule has 0 amide bonds. The Balaban J connectivity index is 2.41. The van der Waals surface area contributed by atoms with Crippen molar-refractivity contribution in [1.29, 1.82) is 0 Å². The molecule has 0 unspecified atom stereocenters. The molecule has 2 aromatic rings. The van der Waals surface area contributed by atoms with Gasteiger partial charge in [0.25, 0.3) is 0 Å². The van der Waals surface area contributed by atoms with Gasteiger partial charge < -0.3 is 4.90 Å². The molecule has 0 aliphatic heterocycles. The summed E-state index contributed by atoms with van der Waals surface area (Å²) in [7, 11) is 3.97. The molecule has 0 N–H and O–H groups in total. The molecule has 0 atom stereocenters. The molecule has 0 bridgehead atoms. The van der Waals surface area contributed by atoms with Crippen LogP contribution in [0.1, 0.15) is 5.82 Å². The van der Waals surface area contributed by atoms with Crippen LogP contribution in [-0.2, 0) is 6.54 Å². The van der Waals surface area contributed by atoms with E-state index in [2.05, 4.69) is 10.1 Å². The van der Waals surface area contributed by atoms with Crippen molar-refractivity contribution in [2.75, 3.05) is 14.1 Å². The van der Waals surface area contributed by atoms with E-state index >= 15 is 0 Å². The predicted octanol–water partition coefficient (Wildman–Crippen LogP) is 1.44. The third-order valence-electron chi connectivity index (χ3n) is 1.80. The second-order valence-electron chi connectivity index (χ2n) is 3.41. The minimum absolute atomic E-state index is 0.682. The molecule has 0 aromatic carbocycles. The van der Waals surface area contributed by atoms with E-state index < -0.39 is 0 Å². The van der Waals surface area contributed by atoms with E-state index in [1.165, 1.54) is 0 Å². The first-order chi connectivity index (χ1) is 6.65. The molecule has 0 aliphatic carbocycles. The van der Waals surface area contributed by atoms with Crippen molar-refractivity contribution >= 4 is 17.2 Å². The summed E-state index contributed by atoms with van der Waals surface area (Å²) in [6, 6.07) is 3.59. The Hall–Kier alpha value is -1.13. The average molecular weight is 211 g/mol. The zero-order valence-electron chi connectivity index (χ0n) is 8.11. The molecule has 0 saturated carbocycles. The molecule has 74 valence electrons. The normalized spacial score (nSPS) is 11.4. The molecule has 4 nitrogen and oxygen atoms in total. The van der Waals surface area contributed by atoms with Crippen molar-refractivity contribution in [3.63, 3.8) is 0 Å². The van der Waals surface area contributed by atoms with Crippen molar-refractivity contribution < 1.29 is 0 Å². The molecular formula is C9H11ClN4. The van der Waals surface area contributed by atoms with Gasteiger partial charge in [-0.05, 0) is 20.2 Å².